The van der Waals surface area contributed by atoms with Crippen molar-refractivity contribution in [3.63, 3.8) is 0 Å². The number of benzene rings is 2. The maximum absolute atomic E-state index is 13.5. The number of carbonyl (C=O) groups excluding carboxylic acids is 1. The van der Waals surface area contributed by atoms with E-state index >= 15 is 0 Å². The number of hydrogen-bond donors (Lipinski definition) is 1. The van der Waals surface area contributed by atoms with E-state index in [1.807, 2.05) is 6.07 Å². The molecule has 2 aromatic carbocycles. The van der Waals surface area contributed by atoms with Crippen LogP contribution in [0.15, 0.2) is 58.9 Å². The lowest BCUT2D eigenvalue weighted by Crippen LogP contribution is -2.40. The molecule has 0 bridgehead atoms. The van der Waals surface area contributed by atoms with Gasteiger partial charge in [0.1, 0.15) is 22.1 Å². The number of methoxy groups -OCH3 is 1. The first-order chi connectivity index (χ1) is 15.3. The van der Waals surface area contributed by atoms with Crippen LogP contribution in [0.1, 0.15) is 17.0 Å². The number of rotatable bonds is 3. The van der Waals surface area contributed by atoms with Crippen LogP contribution in [-0.2, 0) is 9.53 Å². The fraction of sp³-hybridized carbons (Fsp3) is 0.0870. The van der Waals surface area contributed by atoms with E-state index in [4.69, 9.17) is 10.5 Å². The molecule has 0 amide bonds. The van der Waals surface area contributed by atoms with Crippen LogP contribution in [0.25, 0.3) is 17.5 Å². The molecular formula is C23H15F2N3O3S. The van der Waals surface area contributed by atoms with Gasteiger partial charge in [0.05, 0.1) is 34.8 Å². The molecule has 4 rings (SSSR count). The minimum absolute atomic E-state index is 0.0299. The number of fused-ring (bicyclic) bond motifs is 1. The standard InChI is InChI=1S/C23H15F2N3O3S/c1-31-23(30)19-18(13-4-8-15(25)9-5-13)16(11-26)20(27)28-21(29)17(32-22(19)28)10-12-2-6-14(24)7-3-12/h2-10,18H,27H2,1H3/b17-10-/t18-/m1/s1. The van der Waals surface area contributed by atoms with Crippen LogP contribution < -0.4 is 20.5 Å². The number of nitrogens with two attached hydrogens (primary N) is 1. The third kappa shape index (κ3) is 3.50. The number of ether oxygens (including phenoxy) is 1. The molecule has 0 fully saturated rings. The van der Waals surface area contributed by atoms with Crippen molar-refractivity contribution in [2.45, 2.75) is 5.92 Å². The van der Waals surface area contributed by atoms with Crippen LogP contribution in [0.2, 0.25) is 0 Å². The zero-order valence-corrected chi connectivity index (χ0v) is 17.5. The van der Waals surface area contributed by atoms with E-state index in [1.165, 1.54) is 55.6 Å². The average molecular weight is 451 g/mol. The largest absolute Gasteiger partial charge is 0.466 e. The smallest absolute Gasteiger partial charge is 0.337 e. The number of hydrogen-bond acceptors (Lipinski definition) is 6. The maximum atomic E-state index is 13.5. The number of nitriles is 1. The molecule has 1 atom stereocenters. The van der Waals surface area contributed by atoms with Gasteiger partial charge in [-0.25, -0.2) is 13.6 Å². The van der Waals surface area contributed by atoms with Crippen LogP contribution in [0, 0.1) is 23.0 Å². The third-order valence-corrected chi connectivity index (χ3v) is 6.15. The molecule has 6 nitrogen and oxygen atoms in total. The Morgan fingerprint density at radius 1 is 1.16 bits per heavy atom. The molecule has 0 spiro atoms. The van der Waals surface area contributed by atoms with E-state index in [-0.39, 0.29) is 26.2 Å². The number of aromatic nitrogens is 1. The lowest BCUT2D eigenvalue weighted by Gasteiger charge is -2.24. The maximum Gasteiger partial charge on any atom is 0.337 e. The van der Waals surface area contributed by atoms with Crippen molar-refractivity contribution in [1.82, 2.24) is 4.57 Å². The number of allylic oxidation sites excluding steroid dienone is 1. The van der Waals surface area contributed by atoms with Gasteiger partial charge in [-0.15, -0.1) is 11.3 Å². The average Bonchev–Trinajstić information content (AvgIpc) is 3.11. The van der Waals surface area contributed by atoms with Gasteiger partial charge < -0.3 is 10.5 Å². The van der Waals surface area contributed by atoms with Crippen LogP contribution in [0.4, 0.5) is 8.78 Å². The Kier molecular flexibility index (Phi) is 5.47. The molecule has 3 aromatic rings. The zero-order chi connectivity index (χ0) is 23.0. The Morgan fingerprint density at radius 2 is 1.75 bits per heavy atom. The second kappa shape index (κ2) is 8.24. The normalized spacial score (nSPS) is 16.0. The highest BCUT2D eigenvalue weighted by atomic mass is 32.1. The summed E-state index contributed by atoms with van der Waals surface area (Å²) in [5.41, 5.74) is 6.72. The van der Waals surface area contributed by atoms with Gasteiger partial charge in [-0.2, -0.15) is 5.26 Å². The second-order valence-corrected chi connectivity index (χ2v) is 7.94. The number of thiazole rings is 1. The van der Waals surface area contributed by atoms with Crippen LogP contribution >= 0.6 is 11.3 Å². The minimum atomic E-state index is -0.940. The first kappa shape index (κ1) is 21.2. The van der Waals surface area contributed by atoms with E-state index in [0.717, 1.165) is 15.9 Å². The molecule has 1 aliphatic rings. The predicted molar refractivity (Wildman–Crippen MR) is 115 cm³/mol. The zero-order valence-electron chi connectivity index (χ0n) is 16.6. The van der Waals surface area contributed by atoms with Gasteiger partial charge >= 0.3 is 5.97 Å². The van der Waals surface area contributed by atoms with Crippen molar-refractivity contribution in [3.8, 4) is 6.07 Å². The van der Waals surface area contributed by atoms with E-state index in [2.05, 4.69) is 0 Å². The van der Waals surface area contributed by atoms with Gasteiger partial charge in [-0.3, -0.25) is 9.36 Å². The molecule has 0 aliphatic carbocycles. The molecular weight excluding hydrogens is 436 g/mol. The molecule has 0 saturated carbocycles. The first-order valence-electron chi connectivity index (χ1n) is 9.33. The third-order valence-electron chi connectivity index (χ3n) is 5.05. The second-order valence-electron chi connectivity index (χ2n) is 6.91. The molecule has 9 heteroatoms. The topological polar surface area (TPSA) is 98.1 Å². The summed E-state index contributed by atoms with van der Waals surface area (Å²) in [4.78, 5) is 25.9. The number of esters is 1. The first-order valence-corrected chi connectivity index (χ1v) is 10.1. The summed E-state index contributed by atoms with van der Waals surface area (Å²) in [6.07, 6.45) is 1.54. The highest BCUT2D eigenvalue weighted by Crippen LogP contribution is 2.36. The Hall–Kier alpha value is -4.03. The molecule has 160 valence electrons. The van der Waals surface area contributed by atoms with Crippen molar-refractivity contribution >= 4 is 34.8 Å². The van der Waals surface area contributed by atoms with Crippen molar-refractivity contribution in [1.29, 1.82) is 5.26 Å². The summed E-state index contributed by atoms with van der Waals surface area (Å²) in [5.74, 6) is -2.71. The number of nitrogens with zero attached hydrogens (tertiary/aromatic N) is 2. The number of carbonyl (C=O) groups is 1. The van der Waals surface area contributed by atoms with Crippen molar-refractivity contribution < 1.29 is 18.3 Å². The molecule has 1 aromatic heterocycles. The molecule has 0 radical (unpaired) electrons. The summed E-state index contributed by atoms with van der Waals surface area (Å²) in [7, 11) is 1.19. The predicted octanol–water partition coefficient (Wildman–Crippen LogP) is 1.79. The van der Waals surface area contributed by atoms with Crippen LogP contribution in [-0.4, -0.2) is 17.6 Å². The van der Waals surface area contributed by atoms with Gasteiger partial charge in [-0.05, 0) is 41.5 Å². The van der Waals surface area contributed by atoms with Gasteiger partial charge in [0.15, 0.2) is 0 Å². The van der Waals surface area contributed by atoms with Gasteiger partial charge in [-0.1, -0.05) is 24.3 Å². The number of halogens is 2. The monoisotopic (exact) mass is 451 g/mol. The minimum Gasteiger partial charge on any atom is -0.466 e. The summed E-state index contributed by atoms with van der Waals surface area (Å²) in [6.45, 7) is 0. The lowest BCUT2D eigenvalue weighted by atomic mass is 9.84. The Labute approximate surface area is 184 Å². The fourth-order valence-corrected chi connectivity index (χ4v) is 4.72. The van der Waals surface area contributed by atoms with Crippen molar-refractivity contribution in [3.05, 3.63) is 96.4 Å². The Bertz CT molecular complexity index is 1480. The highest BCUT2D eigenvalue weighted by Gasteiger charge is 2.36. The van der Waals surface area contributed by atoms with E-state index < -0.39 is 29.1 Å². The summed E-state index contributed by atoms with van der Waals surface area (Å²) in [5, 5.41) is 9.82. The van der Waals surface area contributed by atoms with Crippen molar-refractivity contribution in [2.75, 3.05) is 7.11 Å². The molecule has 0 saturated heterocycles. The summed E-state index contributed by atoms with van der Waals surface area (Å²) < 4.78 is 33.2. The quantitative estimate of drug-likeness (QED) is 0.613. The van der Waals surface area contributed by atoms with Crippen LogP contribution in [0.5, 0.6) is 0 Å². The Morgan fingerprint density at radius 3 is 2.31 bits per heavy atom. The van der Waals surface area contributed by atoms with Crippen LogP contribution in [0.3, 0.4) is 0 Å². The summed E-state index contributed by atoms with van der Waals surface area (Å²) >= 11 is 0.996. The van der Waals surface area contributed by atoms with Crippen molar-refractivity contribution in [2.24, 2.45) is 5.73 Å². The van der Waals surface area contributed by atoms with E-state index in [1.54, 1.807) is 6.08 Å². The van der Waals surface area contributed by atoms with E-state index in [9.17, 15) is 23.6 Å². The van der Waals surface area contributed by atoms with E-state index in [0.29, 0.717) is 11.1 Å². The lowest BCUT2D eigenvalue weighted by molar-refractivity contribution is -0.134. The summed E-state index contributed by atoms with van der Waals surface area (Å²) in [6, 6.07) is 12.8. The molecule has 1 aliphatic heterocycles. The molecule has 2 heterocycles. The van der Waals surface area contributed by atoms with Gasteiger partial charge in [0.25, 0.3) is 5.56 Å². The molecule has 0 unspecified atom stereocenters. The Balaban J connectivity index is 2.08. The molecule has 2 N–H and O–H groups in total. The molecule has 32 heavy (non-hydrogen) atoms. The SMILES string of the molecule is COC(=O)C1=c2s/c(=C\c3ccc(F)cc3)c(=O)n2C(N)=C(C#N)[C@H]1c1ccc(F)cc1. The van der Waals surface area contributed by atoms with Gasteiger partial charge in [0, 0.05) is 0 Å². The van der Waals surface area contributed by atoms with Gasteiger partial charge in [0.2, 0.25) is 0 Å². The highest BCUT2D eigenvalue weighted by molar-refractivity contribution is 7.07. The fourth-order valence-electron chi connectivity index (χ4n) is 3.55.